The molecule has 0 bridgehead atoms. The van der Waals surface area contributed by atoms with Crippen molar-refractivity contribution in [3.63, 3.8) is 0 Å². The highest BCUT2D eigenvalue weighted by atomic mass is 35.5. The van der Waals surface area contributed by atoms with Crippen LogP contribution in [-0.4, -0.2) is 30.5 Å². The Bertz CT molecular complexity index is 850. The number of carbonyl (C=O) groups is 3. The maximum atomic E-state index is 12.0. The van der Waals surface area contributed by atoms with Crippen molar-refractivity contribution in [1.29, 1.82) is 0 Å². The van der Waals surface area contributed by atoms with E-state index in [2.05, 4.69) is 5.32 Å². The molecule has 0 radical (unpaired) electrons. The first-order chi connectivity index (χ1) is 12.8. The van der Waals surface area contributed by atoms with E-state index in [1.807, 2.05) is 0 Å². The highest BCUT2D eigenvalue weighted by molar-refractivity contribution is 6.31. The van der Waals surface area contributed by atoms with Crippen molar-refractivity contribution in [3.8, 4) is 5.75 Å². The second-order valence-corrected chi connectivity index (χ2v) is 6.31. The van der Waals surface area contributed by atoms with Crippen LogP contribution in [0.4, 0.5) is 5.69 Å². The van der Waals surface area contributed by atoms with E-state index in [1.54, 1.807) is 38.1 Å². The minimum atomic E-state index is -0.711. The van der Waals surface area contributed by atoms with E-state index in [0.717, 1.165) is 0 Å². The fourth-order valence-electron chi connectivity index (χ4n) is 2.13. The van der Waals surface area contributed by atoms with Gasteiger partial charge in [-0.15, -0.1) is 0 Å². The van der Waals surface area contributed by atoms with Crippen molar-refractivity contribution >= 4 is 35.1 Å². The summed E-state index contributed by atoms with van der Waals surface area (Å²) in [5, 5.41) is 2.95. The van der Waals surface area contributed by atoms with Crippen LogP contribution in [0.15, 0.2) is 42.5 Å². The highest BCUT2D eigenvalue weighted by Gasteiger charge is 2.13. The van der Waals surface area contributed by atoms with E-state index in [4.69, 9.17) is 26.8 Å². The van der Waals surface area contributed by atoms with Gasteiger partial charge in [0.2, 0.25) is 0 Å². The van der Waals surface area contributed by atoms with Gasteiger partial charge in [0.25, 0.3) is 11.8 Å². The number of nitrogens with two attached hydrogens (primary N) is 1. The maximum absolute atomic E-state index is 12.0. The molecule has 8 heteroatoms. The Morgan fingerprint density at radius 3 is 2.37 bits per heavy atom. The summed E-state index contributed by atoms with van der Waals surface area (Å²) in [6.45, 7) is 3.19. The lowest BCUT2D eigenvalue weighted by molar-refractivity contribution is -0.118. The van der Waals surface area contributed by atoms with Crippen LogP contribution >= 0.6 is 11.6 Å². The van der Waals surface area contributed by atoms with Crippen LogP contribution in [-0.2, 0) is 9.53 Å². The van der Waals surface area contributed by atoms with Gasteiger partial charge in [0.1, 0.15) is 5.75 Å². The largest absolute Gasteiger partial charge is 0.483 e. The van der Waals surface area contributed by atoms with Crippen molar-refractivity contribution in [1.82, 2.24) is 0 Å². The van der Waals surface area contributed by atoms with Crippen LogP contribution in [0.1, 0.15) is 34.6 Å². The maximum Gasteiger partial charge on any atom is 0.338 e. The van der Waals surface area contributed by atoms with Crippen molar-refractivity contribution in [3.05, 3.63) is 58.6 Å². The first-order valence-electron chi connectivity index (χ1n) is 8.09. The Labute approximate surface area is 161 Å². The molecule has 0 spiro atoms. The first kappa shape index (κ1) is 20.3. The van der Waals surface area contributed by atoms with E-state index < -0.39 is 17.8 Å². The molecule has 0 aliphatic carbocycles. The first-order valence-corrected chi connectivity index (χ1v) is 8.47. The number of amides is 2. The normalized spacial score (nSPS) is 10.4. The van der Waals surface area contributed by atoms with E-state index in [0.29, 0.717) is 16.3 Å². The fraction of sp³-hybridized carbons (Fsp3) is 0.211. The zero-order valence-electron chi connectivity index (χ0n) is 14.8. The van der Waals surface area contributed by atoms with Crippen LogP contribution in [0, 0.1) is 0 Å². The molecule has 2 amide bonds. The molecule has 0 aliphatic rings. The standard InChI is InChI=1S/C19H19ClN2O5/c1-11(2)27-19(25)12-3-6-14(7-4-12)22-17(23)10-26-16-8-5-13(20)9-15(16)18(21)24/h3-9,11H,10H2,1-2H3,(H2,21,24)(H,22,23). The van der Waals surface area contributed by atoms with Crippen molar-refractivity contribution < 1.29 is 23.9 Å². The molecule has 0 atom stereocenters. The predicted octanol–water partition coefficient (Wildman–Crippen LogP) is 3.02. The monoisotopic (exact) mass is 390 g/mol. The quantitative estimate of drug-likeness (QED) is 0.706. The van der Waals surface area contributed by atoms with Crippen molar-refractivity contribution in [2.24, 2.45) is 5.73 Å². The lowest BCUT2D eigenvalue weighted by Gasteiger charge is -2.11. The smallest absolute Gasteiger partial charge is 0.338 e. The van der Waals surface area contributed by atoms with Gasteiger partial charge in [0.15, 0.2) is 6.61 Å². The van der Waals surface area contributed by atoms with Gasteiger partial charge >= 0.3 is 5.97 Å². The average molecular weight is 391 g/mol. The zero-order chi connectivity index (χ0) is 20.0. The second kappa shape index (κ2) is 9.05. The highest BCUT2D eigenvalue weighted by Crippen LogP contribution is 2.22. The number of hydrogen-bond donors (Lipinski definition) is 2. The average Bonchev–Trinajstić information content (AvgIpc) is 2.60. The van der Waals surface area contributed by atoms with Gasteiger partial charge in [0.05, 0.1) is 17.2 Å². The Morgan fingerprint density at radius 1 is 1.11 bits per heavy atom. The van der Waals surface area contributed by atoms with Gasteiger partial charge in [-0.1, -0.05) is 11.6 Å². The summed E-state index contributed by atoms with van der Waals surface area (Å²) in [4.78, 5) is 35.2. The molecule has 0 saturated heterocycles. The number of carbonyl (C=O) groups excluding carboxylic acids is 3. The molecule has 2 rings (SSSR count). The van der Waals surface area contributed by atoms with Crippen molar-refractivity contribution in [2.45, 2.75) is 20.0 Å². The molecule has 7 nitrogen and oxygen atoms in total. The van der Waals surface area contributed by atoms with E-state index >= 15 is 0 Å². The Morgan fingerprint density at radius 2 is 1.78 bits per heavy atom. The molecule has 0 heterocycles. The number of anilines is 1. The minimum Gasteiger partial charge on any atom is -0.483 e. The summed E-state index contributed by atoms with van der Waals surface area (Å²) >= 11 is 5.82. The molecule has 27 heavy (non-hydrogen) atoms. The fourth-order valence-corrected chi connectivity index (χ4v) is 2.30. The molecule has 2 aromatic rings. The molecule has 0 aliphatic heterocycles. The summed E-state index contributed by atoms with van der Waals surface area (Å²) < 4.78 is 10.4. The number of halogens is 1. The molecule has 3 N–H and O–H groups in total. The summed E-state index contributed by atoms with van der Waals surface area (Å²) in [6.07, 6.45) is -0.216. The van der Waals surface area contributed by atoms with Gasteiger partial charge in [-0.2, -0.15) is 0 Å². The van der Waals surface area contributed by atoms with E-state index in [9.17, 15) is 14.4 Å². The van der Waals surface area contributed by atoms with Gasteiger partial charge in [-0.25, -0.2) is 4.79 Å². The third kappa shape index (κ3) is 6.00. The van der Waals surface area contributed by atoms with Crippen LogP contribution in [0.2, 0.25) is 5.02 Å². The number of rotatable bonds is 7. The number of primary amides is 1. The Hall–Kier alpha value is -3.06. The predicted molar refractivity (Wildman–Crippen MR) is 101 cm³/mol. The molecule has 0 unspecified atom stereocenters. The Kier molecular flexibility index (Phi) is 6.79. The minimum absolute atomic E-state index is 0.0864. The van der Waals surface area contributed by atoms with Crippen LogP contribution in [0.3, 0.4) is 0 Å². The number of benzene rings is 2. The van der Waals surface area contributed by atoms with Gasteiger partial charge in [-0.05, 0) is 56.3 Å². The summed E-state index contributed by atoms with van der Waals surface area (Å²) in [5.41, 5.74) is 6.21. The molecular formula is C19H19ClN2O5. The van der Waals surface area contributed by atoms with Gasteiger partial charge in [-0.3, -0.25) is 9.59 Å². The summed E-state index contributed by atoms with van der Waals surface area (Å²) in [5.74, 6) is -1.43. The summed E-state index contributed by atoms with van der Waals surface area (Å²) in [7, 11) is 0. The third-order valence-electron chi connectivity index (χ3n) is 3.31. The van der Waals surface area contributed by atoms with Crippen LogP contribution in [0.25, 0.3) is 0 Å². The van der Waals surface area contributed by atoms with E-state index in [-0.39, 0.29) is 24.0 Å². The lowest BCUT2D eigenvalue weighted by Crippen LogP contribution is -2.21. The second-order valence-electron chi connectivity index (χ2n) is 5.87. The van der Waals surface area contributed by atoms with Crippen LogP contribution in [0.5, 0.6) is 5.75 Å². The number of esters is 1. The SMILES string of the molecule is CC(C)OC(=O)c1ccc(NC(=O)COc2ccc(Cl)cc2C(N)=O)cc1. The lowest BCUT2D eigenvalue weighted by atomic mass is 10.2. The Balaban J connectivity index is 1.95. The molecule has 0 aromatic heterocycles. The molecule has 0 saturated carbocycles. The third-order valence-corrected chi connectivity index (χ3v) is 3.55. The topological polar surface area (TPSA) is 108 Å². The number of nitrogens with one attached hydrogen (secondary N) is 1. The summed E-state index contributed by atoms with van der Waals surface area (Å²) in [6, 6.07) is 10.6. The molecular weight excluding hydrogens is 372 g/mol. The molecule has 0 fully saturated rings. The number of hydrogen-bond acceptors (Lipinski definition) is 5. The van der Waals surface area contributed by atoms with Gasteiger partial charge < -0.3 is 20.5 Å². The molecule has 142 valence electrons. The number of ether oxygens (including phenoxy) is 2. The zero-order valence-corrected chi connectivity index (χ0v) is 15.6. The van der Waals surface area contributed by atoms with Gasteiger partial charge in [0, 0.05) is 10.7 Å². The molecule has 2 aromatic carbocycles. The van der Waals surface area contributed by atoms with E-state index in [1.165, 1.54) is 18.2 Å². The van der Waals surface area contributed by atoms with Crippen LogP contribution < -0.4 is 15.8 Å². The van der Waals surface area contributed by atoms with Crippen molar-refractivity contribution in [2.75, 3.05) is 11.9 Å².